The molecule has 5 aromatic rings. The van der Waals surface area contributed by atoms with E-state index in [1.165, 1.54) is 5.56 Å². The summed E-state index contributed by atoms with van der Waals surface area (Å²) in [5, 5.41) is 8.64. The van der Waals surface area contributed by atoms with E-state index >= 15 is 0 Å². The first-order valence-corrected chi connectivity index (χ1v) is 10.0. The Hall–Kier alpha value is -4.00. The third-order valence-electron chi connectivity index (χ3n) is 5.42. The molecule has 154 valence electrons. The lowest BCUT2D eigenvalue weighted by molar-refractivity contribution is 0.420. The maximum absolute atomic E-state index is 13.1. The highest BCUT2D eigenvalue weighted by Gasteiger charge is 2.14. The van der Waals surface area contributed by atoms with Gasteiger partial charge in [0.2, 0.25) is 0 Å². The summed E-state index contributed by atoms with van der Waals surface area (Å²) in [4.78, 5) is 17.5. The number of aryl methyl sites for hydroxylation is 3. The quantitative estimate of drug-likeness (QED) is 0.443. The van der Waals surface area contributed by atoms with Crippen LogP contribution in [-0.4, -0.2) is 24.3 Å². The Balaban J connectivity index is 1.48. The maximum Gasteiger partial charge on any atom is 0.277 e. The van der Waals surface area contributed by atoms with E-state index in [0.717, 1.165) is 27.9 Å². The second-order valence-electron chi connectivity index (χ2n) is 7.74. The lowest BCUT2D eigenvalue weighted by atomic mass is 10.0. The Labute approximate surface area is 178 Å². The molecule has 0 N–H and O–H groups in total. The van der Waals surface area contributed by atoms with Crippen molar-refractivity contribution in [3.63, 3.8) is 0 Å². The lowest BCUT2D eigenvalue weighted by Crippen LogP contribution is -2.22. The second-order valence-corrected chi connectivity index (χ2v) is 7.74. The summed E-state index contributed by atoms with van der Waals surface area (Å²) in [6.45, 7) is 6.31. The van der Waals surface area contributed by atoms with Crippen molar-refractivity contribution in [3.05, 3.63) is 93.8 Å². The summed E-state index contributed by atoms with van der Waals surface area (Å²) in [7, 11) is 0. The minimum atomic E-state index is -0.159. The molecular formula is C24H21N5O2. The van der Waals surface area contributed by atoms with Crippen molar-refractivity contribution < 1.29 is 4.52 Å². The Bertz CT molecular complexity index is 1480. The van der Waals surface area contributed by atoms with Gasteiger partial charge in [0.1, 0.15) is 5.52 Å². The van der Waals surface area contributed by atoms with Gasteiger partial charge in [-0.3, -0.25) is 4.79 Å². The number of nitrogens with zero attached hydrogens (tertiary/aromatic N) is 5. The number of aromatic nitrogens is 5. The predicted molar refractivity (Wildman–Crippen MR) is 118 cm³/mol. The van der Waals surface area contributed by atoms with Crippen LogP contribution >= 0.6 is 0 Å². The minimum Gasteiger partial charge on any atom is -0.334 e. The van der Waals surface area contributed by atoms with Gasteiger partial charge in [0.05, 0.1) is 12.2 Å². The standard InChI is InChI=1S/C24H21N5O2/c1-15-8-9-18(17(3)12-15)20-13-21-24(30)28(10-11-29(21)26-20)14-22-25-23(31-27-22)19-7-5-4-6-16(19)2/h4-13H,14H2,1-3H3. The van der Waals surface area contributed by atoms with Gasteiger partial charge >= 0.3 is 0 Å². The average Bonchev–Trinajstić information content (AvgIpc) is 3.38. The van der Waals surface area contributed by atoms with E-state index in [4.69, 9.17) is 4.52 Å². The molecule has 2 aromatic carbocycles. The molecule has 5 rings (SSSR count). The van der Waals surface area contributed by atoms with Crippen LogP contribution in [0.25, 0.3) is 28.2 Å². The maximum atomic E-state index is 13.1. The van der Waals surface area contributed by atoms with Gasteiger partial charge in [-0.05, 0) is 44.0 Å². The molecule has 31 heavy (non-hydrogen) atoms. The van der Waals surface area contributed by atoms with Crippen LogP contribution in [0, 0.1) is 20.8 Å². The molecular weight excluding hydrogens is 390 g/mol. The van der Waals surface area contributed by atoms with Crippen LogP contribution < -0.4 is 5.56 Å². The van der Waals surface area contributed by atoms with Crippen LogP contribution in [0.1, 0.15) is 22.5 Å². The Morgan fingerprint density at radius 2 is 1.77 bits per heavy atom. The van der Waals surface area contributed by atoms with Crippen molar-refractivity contribution in [1.82, 2.24) is 24.3 Å². The summed E-state index contributed by atoms with van der Waals surface area (Å²) in [5.74, 6) is 0.891. The third-order valence-corrected chi connectivity index (χ3v) is 5.42. The fraction of sp³-hybridized carbons (Fsp3) is 0.167. The molecule has 0 saturated heterocycles. The molecule has 0 spiro atoms. The molecule has 0 saturated carbocycles. The summed E-state index contributed by atoms with van der Waals surface area (Å²) in [6.07, 6.45) is 3.46. The van der Waals surface area contributed by atoms with Gasteiger partial charge in [-0.2, -0.15) is 10.1 Å². The first-order chi connectivity index (χ1) is 15.0. The van der Waals surface area contributed by atoms with Crippen molar-refractivity contribution >= 4 is 5.52 Å². The van der Waals surface area contributed by atoms with Crippen molar-refractivity contribution in [1.29, 1.82) is 0 Å². The first kappa shape index (κ1) is 19.0. The SMILES string of the molecule is Cc1ccc(-c2cc3c(=O)n(Cc4noc(-c5ccccc5C)n4)ccn3n2)c(C)c1. The van der Waals surface area contributed by atoms with E-state index in [0.29, 0.717) is 17.2 Å². The zero-order valence-electron chi connectivity index (χ0n) is 17.5. The van der Waals surface area contributed by atoms with Crippen molar-refractivity contribution in [2.45, 2.75) is 27.3 Å². The average molecular weight is 411 g/mol. The van der Waals surface area contributed by atoms with Crippen molar-refractivity contribution in [2.24, 2.45) is 0 Å². The normalized spacial score (nSPS) is 11.3. The molecule has 0 amide bonds. The molecule has 3 heterocycles. The molecule has 0 aliphatic carbocycles. The van der Waals surface area contributed by atoms with E-state index in [9.17, 15) is 4.79 Å². The fourth-order valence-corrected chi connectivity index (χ4v) is 3.78. The zero-order chi connectivity index (χ0) is 21.5. The lowest BCUT2D eigenvalue weighted by Gasteiger charge is -2.03. The van der Waals surface area contributed by atoms with Crippen LogP contribution in [-0.2, 0) is 6.54 Å². The highest BCUT2D eigenvalue weighted by atomic mass is 16.5. The molecule has 0 unspecified atom stereocenters. The Morgan fingerprint density at radius 3 is 2.58 bits per heavy atom. The molecule has 7 nitrogen and oxygen atoms in total. The Morgan fingerprint density at radius 1 is 0.935 bits per heavy atom. The van der Waals surface area contributed by atoms with Crippen LogP contribution in [0.5, 0.6) is 0 Å². The molecule has 0 atom stereocenters. The largest absolute Gasteiger partial charge is 0.334 e. The van der Waals surface area contributed by atoms with Crippen molar-refractivity contribution in [2.75, 3.05) is 0 Å². The van der Waals surface area contributed by atoms with E-state index in [1.54, 1.807) is 21.5 Å². The molecule has 3 aromatic heterocycles. The molecule has 0 radical (unpaired) electrons. The number of fused-ring (bicyclic) bond motifs is 1. The van der Waals surface area contributed by atoms with E-state index < -0.39 is 0 Å². The van der Waals surface area contributed by atoms with Gasteiger partial charge in [-0.15, -0.1) is 0 Å². The van der Waals surface area contributed by atoms with Crippen LogP contribution in [0.15, 0.2) is 70.2 Å². The predicted octanol–water partition coefficient (Wildman–Crippen LogP) is 4.19. The highest BCUT2D eigenvalue weighted by Crippen LogP contribution is 2.24. The highest BCUT2D eigenvalue weighted by molar-refractivity contribution is 5.68. The number of hydrogen-bond donors (Lipinski definition) is 0. The monoisotopic (exact) mass is 411 g/mol. The van der Waals surface area contributed by atoms with Gasteiger partial charge in [-0.1, -0.05) is 47.1 Å². The van der Waals surface area contributed by atoms with Gasteiger partial charge < -0.3 is 9.09 Å². The van der Waals surface area contributed by atoms with Crippen molar-refractivity contribution in [3.8, 4) is 22.7 Å². The second kappa shape index (κ2) is 7.36. The first-order valence-electron chi connectivity index (χ1n) is 10.0. The number of benzene rings is 2. The smallest absolute Gasteiger partial charge is 0.277 e. The third kappa shape index (κ3) is 3.44. The minimum absolute atomic E-state index is 0.159. The van der Waals surface area contributed by atoms with Gasteiger partial charge in [0.15, 0.2) is 5.82 Å². The van der Waals surface area contributed by atoms with Crippen LogP contribution in [0.2, 0.25) is 0 Å². The molecule has 0 bridgehead atoms. The van der Waals surface area contributed by atoms with Gasteiger partial charge in [0.25, 0.3) is 11.4 Å². The fourth-order valence-electron chi connectivity index (χ4n) is 3.78. The number of rotatable bonds is 4. The van der Waals surface area contributed by atoms with E-state index in [-0.39, 0.29) is 12.1 Å². The summed E-state index contributed by atoms with van der Waals surface area (Å²) < 4.78 is 8.60. The van der Waals surface area contributed by atoms with Gasteiger partial charge in [-0.25, -0.2) is 4.52 Å². The number of hydrogen-bond acceptors (Lipinski definition) is 5. The molecule has 0 fully saturated rings. The molecule has 7 heteroatoms. The van der Waals surface area contributed by atoms with Gasteiger partial charge in [0, 0.05) is 23.5 Å². The van der Waals surface area contributed by atoms with E-state index in [1.807, 2.05) is 56.3 Å². The van der Waals surface area contributed by atoms with Crippen LogP contribution in [0.4, 0.5) is 0 Å². The topological polar surface area (TPSA) is 78.2 Å². The zero-order valence-corrected chi connectivity index (χ0v) is 17.5. The summed E-state index contributed by atoms with van der Waals surface area (Å²) in [6, 6.07) is 15.8. The van der Waals surface area contributed by atoms with Crippen LogP contribution in [0.3, 0.4) is 0 Å². The molecule has 0 aliphatic rings. The molecule has 0 aliphatic heterocycles. The summed E-state index contributed by atoms with van der Waals surface area (Å²) in [5.41, 5.74) is 6.38. The Kier molecular flexibility index (Phi) is 4.51. The summed E-state index contributed by atoms with van der Waals surface area (Å²) >= 11 is 0. The van der Waals surface area contributed by atoms with E-state index in [2.05, 4.69) is 28.2 Å².